The number of carbonyl (C=O) groups excluding carboxylic acids is 3. The molecule has 0 aliphatic heterocycles. The molecular formula is C17H16BrN3O4. The zero-order chi connectivity index (χ0) is 18.2. The van der Waals surface area contributed by atoms with E-state index in [2.05, 4.69) is 32.1 Å². The van der Waals surface area contributed by atoms with Gasteiger partial charge in [0, 0.05) is 28.6 Å². The molecule has 0 radical (unpaired) electrons. The van der Waals surface area contributed by atoms with Crippen molar-refractivity contribution >= 4 is 33.7 Å². The Morgan fingerprint density at radius 1 is 0.920 bits per heavy atom. The van der Waals surface area contributed by atoms with Crippen LogP contribution in [0.4, 0.5) is 0 Å². The minimum Gasteiger partial charge on any atom is -0.508 e. The molecule has 0 saturated heterocycles. The van der Waals surface area contributed by atoms with E-state index in [1.54, 1.807) is 24.3 Å². The van der Waals surface area contributed by atoms with Crippen molar-refractivity contribution in [3.8, 4) is 5.75 Å². The number of halogens is 1. The maximum absolute atomic E-state index is 11.9. The standard InChI is InChI=1S/C17H16BrN3O4/c18-13-6-4-11(5-7-13)16(24)19-9-8-15(23)20-21-17(25)12-2-1-3-14(22)10-12/h1-7,10,22H,8-9H2,(H,19,24)(H,20,23)(H,21,25). The summed E-state index contributed by atoms with van der Waals surface area (Å²) in [4.78, 5) is 35.3. The predicted molar refractivity (Wildman–Crippen MR) is 94.8 cm³/mol. The molecule has 0 bridgehead atoms. The van der Waals surface area contributed by atoms with Gasteiger partial charge in [0.15, 0.2) is 0 Å². The van der Waals surface area contributed by atoms with E-state index < -0.39 is 11.8 Å². The summed E-state index contributed by atoms with van der Waals surface area (Å²) in [6, 6.07) is 12.5. The van der Waals surface area contributed by atoms with Crippen LogP contribution < -0.4 is 16.2 Å². The second-order valence-electron chi connectivity index (χ2n) is 5.07. The van der Waals surface area contributed by atoms with E-state index in [9.17, 15) is 19.5 Å². The molecular weight excluding hydrogens is 390 g/mol. The minimum atomic E-state index is -0.553. The molecule has 3 amide bonds. The van der Waals surface area contributed by atoms with E-state index in [1.807, 2.05) is 0 Å². The topological polar surface area (TPSA) is 108 Å². The van der Waals surface area contributed by atoms with Gasteiger partial charge in [0.25, 0.3) is 11.8 Å². The molecule has 0 heterocycles. The van der Waals surface area contributed by atoms with Gasteiger partial charge in [-0.3, -0.25) is 25.2 Å². The number of amides is 3. The van der Waals surface area contributed by atoms with Crippen LogP contribution in [0.3, 0.4) is 0 Å². The second-order valence-corrected chi connectivity index (χ2v) is 5.98. The molecule has 0 aromatic heterocycles. The van der Waals surface area contributed by atoms with Gasteiger partial charge in [-0.1, -0.05) is 22.0 Å². The van der Waals surface area contributed by atoms with Crippen LogP contribution in [0.5, 0.6) is 5.75 Å². The summed E-state index contributed by atoms with van der Waals surface area (Å²) in [5.41, 5.74) is 5.18. The number of rotatable bonds is 5. The number of benzene rings is 2. The maximum Gasteiger partial charge on any atom is 0.269 e. The summed E-state index contributed by atoms with van der Waals surface area (Å²) in [5.74, 6) is -1.34. The van der Waals surface area contributed by atoms with Gasteiger partial charge < -0.3 is 10.4 Å². The molecule has 2 aromatic rings. The zero-order valence-corrected chi connectivity index (χ0v) is 14.7. The maximum atomic E-state index is 11.9. The van der Waals surface area contributed by atoms with E-state index in [1.165, 1.54) is 24.3 Å². The fraction of sp³-hybridized carbons (Fsp3) is 0.118. The first-order valence-electron chi connectivity index (χ1n) is 7.37. The van der Waals surface area contributed by atoms with Crippen LogP contribution >= 0.6 is 15.9 Å². The highest BCUT2D eigenvalue weighted by atomic mass is 79.9. The smallest absolute Gasteiger partial charge is 0.269 e. The summed E-state index contributed by atoms with van der Waals surface area (Å²) in [6.45, 7) is 0.128. The predicted octanol–water partition coefficient (Wildman–Crippen LogP) is 1.74. The number of hydrazine groups is 1. The normalized spacial score (nSPS) is 9.96. The molecule has 2 rings (SSSR count). The lowest BCUT2D eigenvalue weighted by Gasteiger charge is -2.08. The van der Waals surface area contributed by atoms with Crippen LogP contribution in [-0.4, -0.2) is 29.4 Å². The Bertz CT molecular complexity index is 778. The lowest BCUT2D eigenvalue weighted by atomic mass is 10.2. The molecule has 7 nitrogen and oxygen atoms in total. The first kappa shape index (κ1) is 18.5. The van der Waals surface area contributed by atoms with E-state index >= 15 is 0 Å². The van der Waals surface area contributed by atoms with Gasteiger partial charge >= 0.3 is 0 Å². The molecule has 25 heavy (non-hydrogen) atoms. The Hall–Kier alpha value is -2.87. The van der Waals surface area contributed by atoms with Gasteiger partial charge in [0.1, 0.15) is 5.75 Å². The lowest BCUT2D eigenvalue weighted by Crippen LogP contribution is -2.42. The third-order valence-electron chi connectivity index (χ3n) is 3.17. The van der Waals surface area contributed by atoms with E-state index in [0.29, 0.717) is 5.56 Å². The first-order valence-corrected chi connectivity index (χ1v) is 8.17. The van der Waals surface area contributed by atoms with Gasteiger partial charge in [-0.2, -0.15) is 0 Å². The Morgan fingerprint density at radius 3 is 2.32 bits per heavy atom. The molecule has 0 atom stereocenters. The van der Waals surface area contributed by atoms with Crippen LogP contribution in [0, 0.1) is 0 Å². The highest BCUT2D eigenvalue weighted by Crippen LogP contribution is 2.11. The third-order valence-corrected chi connectivity index (χ3v) is 3.70. The minimum absolute atomic E-state index is 0.00257. The summed E-state index contributed by atoms with van der Waals surface area (Å²) >= 11 is 3.28. The van der Waals surface area contributed by atoms with Gasteiger partial charge in [-0.25, -0.2) is 0 Å². The monoisotopic (exact) mass is 405 g/mol. The number of phenolic OH excluding ortho intramolecular Hbond substituents is 1. The van der Waals surface area contributed by atoms with E-state index in [0.717, 1.165) is 4.47 Å². The van der Waals surface area contributed by atoms with Crippen LogP contribution in [0.25, 0.3) is 0 Å². The highest BCUT2D eigenvalue weighted by Gasteiger charge is 2.09. The summed E-state index contributed by atoms with van der Waals surface area (Å²) < 4.78 is 0.867. The van der Waals surface area contributed by atoms with Gasteiger partial charge in [-0.05, 0) is 42.5 Å². The molecule has 0 aliphatic rings. The average molecular weight is 406 g/mol. The quantitative estimate of drug-likeness (QED) is 0.568. The van der Waals surface area contributed by atoms with Crippen LogP contribution in [0.2, 0.25) is 0 Å². The van der Waals surface area contributed by atoms with Gasteiger partial charge in [-0.15, -0.1) is 0 Å². The largest absolute Gasteiger partial charge is 0.508 e. The molecule has 8 heteroatoms. The van der Waals surface area contributed by atoms with E-state index in [4.69, 9.17) is 0 Å². The summed E-state index contributed by atoms with van der Waals surface area (Å²) in [6.07, 6.45) is 0.00257. The van der Waals surface area contributed by atoms with Crippen molar-refractivity contribution in [3.05, 3.63) is 64.1 Å². The Balaban J connectivity index is 1.71. The van der Waals surface area contributed by atoms with Crippen molar-refractivity contribution in [2.75, 3.05) is 6.54 Å². The molecule has 0 spiro atoms. The molecule has 0 aliphatic carbocycles. The van der Waals surface area contributed by atoms with Crippen molar-refractivity contribution < 1.29 is 19.5 Å². The molecule has 2 aromatic carbocycles. The number of aromatic hydroxyl groups is 1. The first-order chi connectivity index (χ1) is 12.0. The van der Waals surface area contributed by atoms with Crippen molar-refractivity contribution in [2.24, 2.45) is 0 Å². The number of hydrogen-bond donors (Lipinski definition) is 4. The van der Waals surface area contributed by atoms with E-state index in [-0.39, 0.29) is 30.2 Å². The highest BCUT2D eigenvalue weighted by molar-refractivity contribution is 9.10. The lowest BCUT2D eigenvalue weighted by molar-refractivity contribution is -0.121. The van der Waals surface area contributed by atoms with Crippen molar-refractivity contribution in [1.29, 1.82) is 0 Å². The SMILES string of the molecule is O=C(CCNC(=O)c1ccc(Br)cc1)NNC(=O)c1cccc(O)c1. The zero-order valence-electron chi connectivity index (χ0n) is 13.1. The molecule has 0 unspecified atom stereocenters. The molecule has 0 saturated carbocycles. The number of carbonyl (C=O) groups is 3. The van der Waals surface area contributed by atoms with Crippen molar-refractivity contribution in [2.45, 2.75) is 6.42 Å². The van der Waals surface area contributed by atoms with Gasteiger partial charge in [0.05, 0.1) is 0 Å². The van der Waals surface area contributed by atoms with Crippen molar-refractivity contribution in [3.63, 3.8) is 0 Å². The summed E-state index contributed by atoms with van der Waals surface area (Å²) in [5, 5.41) is 11.9. The third kappa shape index (κ3) is 5.92. The fourth-order valence-electron chi connectivity index (χ4n) is 1.90. The molecule has 0 fully saturated rings. The van der Waals surface area contributed by atoms with Crippen LogP contribution in [-0.2, 0) is 4.79 Å². The Morgan fingerprint density at radius 2 is 1.64 bits per heavy atom. The summed E-state index contributed by atoms with van der Waals surface area (Å²) in [7, 11) is 0. The Kier molecular flexibility index (Phi) is 6.53. The molecule has 130 valence electrons. The molecule has 4 N–H and O–H groups in total. The number of hydrogen-bond acceptors (Lipinski definition) is 4. The van der Waals surface area contributed by atoms with Crippen LogP contribution in [0.15, 0.2) is 53.0 Å². The Labute approximate surface area is 152 Å². The second kappa shape index (κ2) is 8.84. The van der Waals surface area contributed by atoms with Crippen LogP contribution in [0.1, 0.15) is 27.1 Å². The average Bonchev–Trinajstić information content (AvgIpc) is 2.60. The van der Waals surface area contributed by atoms with Crippen molar-refractivity contribution in [1.82, 2.24) is 16.2 Å². The number of phenols is 1. The van der Waals surface area contributed by atoms with Gasteiger partial charge in [0.2, 0.25) is 5.91 Å². The fourth-order valence-corrected chi connectivity index (χ4v) is 2.17. The number of nitrogens with one attached hydrogen (secondary N) is 3.